The maximum atomic E-state index is 13.2. The first-order valence-electron chi connectivity index (χ1n) is 10.1. The van der Waals surface area contributed by atoms with E-state index in [9.17, 15) is 9.59 Å². The van der Waals surface area contributed by atoms with Crippen molar-refractivity contribution in [3.05, 3.63) is 70.8 Å². The van der Waals surface area contributed by atoms with Gasteiger partial charge in [0.25, 0.3) is 5.56 Å². The molecule has 1 amide bonds. The van der Waals surface area contributed by atoms with Crippen LogP contribution in [0, 0.1) is 0 Å². The number of carbonyl (C=O) groups is 1. The second-order valence-electron chi connectivity index (χ2n) is 8.09. The highest BCUT2D eigenvalue weighted by Gasteiger charge is 2.53. The smallest absolute Gasteiger partial charge is 0.260 e. The molecule has 2 fully saturated rings. The van der Waals surface area contributed by atoms with Gasteiger partial charge in [0.15, 0.2) is 0 Å². The summed E-state index contributed by atoms with van der Waals surface area (Å²) in [6.45, 7) is 3.00. The fourth-order valence-corrected chi connectivity index (χ4v) is 4.37. The Balaban J connectivity index is 1.31. The first-order chi connectivity index (χ1) is 14.1. The van der Waals surface area contributed by atoms with Crippen molar-refractivity contribution in [3.8, 4) is 0 Å². The number of anilines is 1. The van der Waals surface area contributed by atoms with Crippen LogP contribution in [0.15, 0.2) is 59.7 Å². The minimum Gasteiger partial charge on any atom is -0.368 e. The van der Waals surface area contributed by atoms with Crippen molar-refractivity contribution in [1.82, 2.24) is 14.5 Å². The van der Waals surface area contributed by atoms with Crippen LogP contribution in [0.3, 0.4) is 0 Å². The minimum absolute atomic E-state index is 0.0346. The van der Waals surface area contributed by atoms with Crippen LogP contribution in [0.5, 0.6) is 0 Å². The van der Waals surface area contributed by atoms with E-state index in [2.05, 4.69) is 22.0 Å². The summed E-state index contributed by atoms with van der Waals surface area (Å²) in [7, 11) is 1.71. The summed E-state index contributed by atoms with van der Waals surface area (Å²) >= 11 is 0. The molecular weight excluding hydrogens is 364 g/mol. The van der Waals surface area contributed by atoms with Crippen molar-refractivity contribution in [3.63, 3.8) is 0 Å². The highest BCUT2D eigenvalue weighted by molar-refractivity contribution is 5.91. The zero-order valence-corrected chi connectivity index (χ0v) is 16.5. The molecule has 0 unspecified atom stereocenters. The highest BCUT2D eigenvalue weighted by Crippen LogP contribution is 2.49. The number of carbonyl (C=O) groups excluding carboxylic acids is 1. The molecule has 1 saturated carbocycles. The molecule has 2 aliphatic rings. The van der Waals surface area contributed by atoms with Crippen LogP contribution in [-0.4, -0.2) is 46.5 Å². The lowest BCUT2D eigenvalue weighted by Crippen LogP contribution is -2.51. The zero-order valence-electron chi connectivity index (χ0n) is 16.5. The number of aromatic nitrogens is 2. The summed E-state index contributed by atoms with van der Waals surface area (Å²) in [5, 5.41) is 0.631. The third-order valence-electron chi connectivity index (χ3n) is 6.32. The Bertz CT molecular complexity index is 1130. The number of nitrogens with zero attached hydrogens (tertiary/aromatic N) is 4. The van der Waals surface area contributed by atoms with Crippen molar-refractivity contribution in [1.29, 1.82) is 0 Å². The largest absolute Gasteiger partial charge is 0.368 e. The summed E-state index contributed by atoms with van der Waals surface area (Å²) in [5.74, 6) is 0.270. The van der Waals surface area contributed by atoms with Gasteiger partial charge in [0, 0.05) is 38.9 Å². The molecule has 2 heterocycles. The monoisotopic (exact) mass is 388 g/mol. The summed E-state index contributed by atoms with van der Waals surface area (Å²) in [6.07, 6.45) is 3.45. The normalized spacial score (nSPS) is 18.1. The van der Waals surface area contributed by atoms with Gasteiger partial charge in [-0.3, -0.25) is 9.59 Å². The lowest BCUT2D eigenvalue weighted by molar-refractivity contribution is -0.134. The van der Waals surface area contributed by atoms with Gasteiger partial charge in [-0.2, -0.15) is 0 Å². The molecule has 2 aromatic carbocycles. The third kappa shape index (κ3) is 2.99. The number of benzene rings is 2. The van der Waals surface area contributed by atoms with Gasteiger partial charge in [0.05, 0.1) is 22.6 Å². The lowest BCUT2D eigenvalue weighted by atomic mass is 9.94. The van der Waals surface area contributed by atoms with Gasteiger partial charge in [-0.1, -0.05) is 30.3 Å². The summed E-state index contributed by atoms with van der Waals surface area (Å²) in [6, 6.07) is 16.0. The Morgan fingerprint density at radius 1 is 1.00 bits per heavy atom. The molecule has 0 spiro atoms. The van der Waals surface area contributed by atoms with Crippen molar-refractivity contribution in [2.24, 2.45) is 7.05 Å². The van der Waals surface area contributed by atoms with E-state index < -0.39 is 0 Å². The van der Waals surface area contributed by atoms with Crippen molar-refractivity contribution in [2.75, 3.05) is 31.1 Å². The number of hydrogen-bond acceptors (Lipinski definition) is 4. The van der Waals surface area contributed by atoms with Crippen molar-refractivity contribution in [2.45, 2.75) is 18.3 Å². The Labute approximate surface area is 169 Å². The summed E-state index contributed by atoms with van der Waals surface area (Å²) < 4.78 is 1.49. The van der Waals surface area contributed by atoms with E-state index in [-0.39, 0.29) is 16.9 Å². The highest BCUT2D eigenvalue weighted by atomic mass is 16.2. The van der Waals surface area contributed by atoms with E-state index in [0.717, 1.165) is 50.3 Å². The molecule has 1 aromatic heterocycles. The maximum Gasteiger partial charge on any atom is 0.260 e. The van der Waals surface area contributed by atoms with E-state index in [1.165, 1.54) is 4.57 Å². The second kappa shape index (κ2) is 6.72. The van der Waals surface area contributed by atoms with Gasteiger partial charge in [-0.25, -0.2) is 4.98 Å². The Morgan fingerprint density at radius 3 is 2.41 bits per heavy atom. The van der Waals surface area contributed by atoms with Crippen molar-refractivity contribution < 1.29 is 4.79 Å². The molecule has 1 saturated heterocycles. The topological polar surface area (TPSA) is 58.4 Å². The van der Waals surface area contributed by atoms with Crippen molar-refractivity contribution >= 4 is 22.5 Å². The van der Waals surface area contributed by atoms with Gasteiger partial charge < -0.3 is 14.4 Å². The molecule has 0 N–H and O–H groups in total. The lowest BCUT2D eigenvalue weighted by Gasteiger charge is -2.38. The zero-order chi connectivity index (χ0) is 20.0. The number of fused-ring (bicyclic) bond motifs is 1. The molecule has 6 nitrogen and oxygen atoms in total. The Hall–Kier alpha value is -3.15. The molecule has 29 heavy (non-hydrogen) atoms. The molecule has 6 heteroatoms. The van der Waals surface area contributed by atoms with Crippen LogP contribution in [-0.2, 0) is 17.3 Å². The predicted octanol–water partition coefficient (Wildman–Crippen LogP) is 2.31. The second-order valence-corrected chi connectivity index (χ2v) is 8.09. The SMILES string of the molecule is Cn1cnc2cc(N3CCN(C(=O)C4(c5ccccc5)CC4)CC3)ccc2c1=O. The number of aryl methyl sites for hydroxylation is 1. The third-order valence-corrected chi connectivity index (χ3v) is 6.32. The van der Waals surface area contributed by atoms with Crippen LogP contribution in [0.1, 0.15) is 18.4 Å². The number of amides is 1. The predicted molar refractivity (Wildman–Crippen MR) is 113 cm³/mol. The molecule has 1 aliphatic carbocycles. The summed E-state index contributed by atoms with van der Waals surface area (Å²) in [4.78, 5) is 34.1. The number of piperazine rings is 1. The first-order valence-corrected chi connectivity index (χ1v) is 10.1. The van der Waals surface area contributed by atoms with Gasteiger partial charge in [-0.05, 0) is 36.6 Å². The molecule has 3 aromatic rings. The average molecular weight is 388 g/mol. The molecule has 5 rings (SSSR count). The Morgan fingerprint density at radius 2 is 1.72 bits per heavy atom. The molecular formula is C23H24N4O2. The molecule has 1 aliphatic heterocycles. The van der Waals surface area contributed by atoms with Gasteiger partial charge in [-0.15, -0.1) is 0 Å². The molecule has 0 radical (unpaired) electrons. The molecule has 0 atom stereocenters. The van der Waals surface area contributed by atoms with E-state index in [1.54, 1.807) is 13.4 Å². The van der Waals surface area contributed by atoms with Gasteiger partial charge in [0.2, 0.25) is 5.91 Å². The van der Waals surface area contributed by atoms with Gasteiger partial charge >= 0.3 is 0 Å². The number of rotatable bonds is 3. The maximum absolute atomic E-state index is 13.2. The first kappa shape index (κ1) is 17.9. The van der Waals surface area contributed by atoms with E-state index >= 15 is 0 Å². The summed E-state index contributed by atoms with van der Waals surface area (Å²) in [5.41, 5.74) is 2.58. The van der Waals surface area contributed by atoms with Crippen LogP contribution in [0.2, 0.25) is 0 Å². The average Bonchev–Trinajstić information content (AvgIpc) is 3.58. The molecule has 0 bridgehead atoms. The standard InChI is InChI=1S/C23H24N4O2/c1-25-16-24-20-15-18(7-8-19(20)21(25)28)26-11-13-27(14-12-26)22(29)23(9-10-23)17-5-3-2-4-6-17/h2-8,15-16H,9-14H2,1H3. The van der Waals surface area contributed by atoms with Crippen LogP contribution >= 0.6 is 0 Å². The Kier molecular flexibility index (Phi) is 4.15. The quantitative estimate of drug-likeness (QED) is 0.691. The van der Waals surface area contributed by atoms with E-state index in [0.29, 0.717) is 10.9 Å². The minimum atomic E-state index is -0.295. The van der Waals surface area contributed by atoms with Crippen LogP contribution in [0.25, 0.3) is 10.9 Å². The number of hydrogen-bond donors (Lipinski definition) is 0. The van der Waals surface area contributed by atoms with E-state index in [4.69, 9.17) is 0 Å². The van der Waals surface area contributed by atoms with E-state index in [1.807, 2.05) is 41.3 Å². The molecule has 148 valence electrons. The van der Waals surface area contributed by atoms with Crippen LogP contribution < -0.4 is 10.5 Å². The fourth-order valence-electron chi connectivity index (χ4n) is 4.37. The fraction of sp³-hybridized carbons (Fsp3) is 0.348. The van der Waals surface area contributed by atoms with Crippen LogP contribution in [0.4, 0.5) is 5.69 Å². The van der Waals surface area contributed by atoms with Gasteiger partial charge in [0.1, 0.15) is 0 Å².